The number of rotatable bonds is 8. The predicted molar refractivity (Wildman–Crippen MR) is 123 cm³/mol. The molecule has 0 saturated carbocycles. The summed E-state index contributed by atoms with van der Waals surface area (Å²) in [5, 5.41) is 0. The standard InChI is InChI=1S/C22H35N5O7/c1-6-33-18(29)13-25(17(28)12-26-10-14(2)19(30)24-20(26)31)8-7-16-9-15(23)11-27(16)21(32)34-22(3,4)5/h10,15-16H,6-9,11-13,23H2,1-5H3,(H,24,30,31)/t15-,16+/m0/s1. The van der Waals surface area contributed by atoms with Crippen LogP contribution in [0.2, 0.25) is 0 Å². The van der Waals surface area contributed by atoms with Gasteiger partial charge in [0, 0.05) is 36.9 Å². The van der Waals surface area contributed by atoms with Gasteiger partial charge in [0.05, 0.1) is 6.61 Å². The lowest BCUT2D eigenvalue weighted by molar-refractivity contribution is -0.149. The van der Waals surface area contributed by atoms with Gasteiger partial charge in [-0.2, -0.15) is 0 Å². The Morgan fingerprint density at radius 2 is 1.94 bits per heavy atom. The first-order chi connectivity index (χ1) is 15.8. The minimum atomic E-state index is -0.724. The second-order valence-corrected chi connectivity index (χ2v) is 9.39. The number of ether oxygens (including phenoxy) is 2. The van der Waals surface area contributed by atoms with Gasteiger partial charge in [-0.15, -0.1) is 0 Å². The van der Waals surface area contributed by atoms with E-state index in [4.69, 9.17) is 15.2 Å². The summed E-state index contributed by atoms with van der Waals surface area (Å²) in [5.74, 6) is -1.10. The van der Waals surface area contributed by atoms with E-state index in [1.165, 1.54) is 18.0 Å². The lowest BCUT2D eigenvalue weighted by Gasteiger charge is -2.30. The number of aromatic nitrogens is 2. The van der Waals surface area contributed by atoms with Crippen molar-refractivity contribution in [3.63, 3.8) is 0 Å². The average Bonchev–Trinajstić information content (AvgIpc) is 3.09. The zero-order valence-electron chi connectivity index (χ0n) is 20.5. The van der Waals surface area contributed by atoms with E-state index in [1.54, 1.807) is 32.6 Å². The summed E-state index contributed by atoms with van der Waals surface area (Å²) >= 11 is 0. The first-order valence-electron chi connectivity index (χ1n) is 11.3. The lowest BCUT2D eigenvalue weighted by Crippen LogP contribution is -2.45. The van der Waals surface area contributed by atoms with E-state index < -0.39 is 34.8 Å². The maximum atomic E-state index is 13.0. The highest BCUT2D eigenvalue weighted by Gasteiger charge is 2.36. The summed E-state index contributed by atoms with van der Waals surface area (Å²) in [6, 6.07) is -0.505. The molecule has 1 fully saturated rings. The number of hydrogen-bond acceptors (Lipinski definition) is 8. The third-order valence-corrected chi connectivity index (χ3v) is 5.28. The number of esters is 1. The van der Waals surface area contributed by atoms with Crippen LogP contribution in [0.15, 0.2) is 15.8 Å². The van der Waals surface area contributed by atoms with Crippen molar-refractivity contribution in [2.75, 3.05) is 26.2 Å². The van der Waals surface area contributed by atoms with E-state index >= 15 is 0 Å². The summed E-state index contributed by atoms with van der Waals surface area (Å²) in [6.45, 7) is 8.44. The molecule has 0 aromatic carbocycles. The van der Waals surface area contributed by atoms with Crippen LogP contribution in [-0.2, 0) is 25.6 Å². The zero-order chi connectivity index (χ0) is 25.6. The summed E-state index contributed by atoms with van der Waals surface area (Å²) in [5.41, 5.74) is 4.43. The molecule has 1 aromatic heterocycles. The van der Waals surface area contributed by atoms with Crippen LogP contribution in [0.25, 0.3) is 0 Å². The van der Waals surface area contributed by atoms with Crippen molar-refractivity contribution in [2.24, 2.45) is 5.73 Å². The van der Waals surface area contributed by atoms with Crippen molar-refractivity contribution in [2.45, 2.75) is 71.7 Å². The molecule has 2 atom stereocenters. The Morgan fingerprint density at radius 3 is 2.56 bits per heavy atom. The van der Waals surface area contributed by atoms with Crippen LogP contribution < -0.4 is 17.0 Å². The molecule has 2 amide bonds. The summed E-state index contributed by atoms with van der Waals surface area (Å²) in [6.07, 6.45) is 1.70. The van der Waals surface area contributed by atoms with E-state index in [1.807, 2.05) is 0 Å². The molecule has 3 N–H and O–H groups in total. The van der Waals surface area contributed by atoms with Gasteiger partial charge in [-0.3, -0.25) is 23.9 Å². The third kappa shape index (κ3) is 7.72. The van der Waals surface area contributed by atoms with E-state index in [0.29, 0.717) is 19.4 Å². The van der Waals surface area contributed by atoms with E-state index in [9.17, 15) is 24.0 Å². The number of aryl methyl sites for hydroxylation is 1. The highest BCUT2D eigenvalue weighted by atomic mass is 16.6. The molecule has 0 unspecified atom stereocenters. The van der Waals surface area contributed by atoms with Gasteiger partial charge in [0.25, 0.3) is 5.56 Å². The Hall–Kier alpha value is -3.15. The van der Waals surface area contributed by atoms with Gasteiger partial charge in [-0.05, 0) is 47.5 Å². The van der Waals surface area contributed by atoms with Crippen molar-refractivity contribution >= 4 is 18.0 Å². The molecule has 1 aliphatic rings. The lowest BCUT2D eigenvalue weighted by atomic mass is 10.1. The fraction of sp³-hybridized carbons (Fsp3) is 0.682. The Morgan fingerprint density at radius 1 is 1.26 bits per heavy atom. The fourth-order valence-electron chi connectivity index (χ4n) is 3.71. The maximum absolute atomic E-state index is 13.0. The molecule has 34 heavy (non-hydrogen) atoms. The van der Waals surface area contributed by atoms with Gasteiger partial charge >= 0.3 is 17.8 Å². The minimum Gasteiger partial charge on any atom is -0.465 e. The van der Waals surface area contributed by atoms with Gasteiger partial charge in [-0.1, -0.05) is 0 Å². The number of nitrogens with two attached hydrogens (primary N) is 1. The van der Waals surface area contributed by atoms with Crippen LogP contribution in [0.5, 0.6) is 0 Å². The monoisotopic (exact) mass is 481 g/mol. The molecule has 1 saturated heterocycles. The maximum Gasteiger partial charge on any atom is 0.410 e. The second kappa shape index (κ2) is 11.3. The van der Waals surface area contributed by atoms with Gasteiger partial charge in [0.1, 0.15) is 18.7 Å². The predicted octanol–water partition coefficient (Wildman–Crippen LogP) is -0.0365. The molecule has 12 nitrogen and oxygen atoms in total. The molecule has 12 heteroatoms. The smallest absolute Gasteiger partial charge is 0.410 e. The molecular formula is C22H35N5O7. The SMILES string of the molecule is CCOC(=O)CN(CC[C@@H]1C[C@H](N)CN1C(=O)OC(C)(C)C)C(=O)Cn1cc(C)c(=O)[nH]c1=O. The third-order valence-electron chi connectivity index (χ3n) is 5.28. The van der Waals surface area contributed by atoms with Crippen LogP contribution in [-0.4, -0.2) is 81.2 Å². The van der Waals surface area contributed by atoms with Crippen molar-refractivity contribution in [3.05, 3.63) is 32.6 Å². The van der Waals surface area contributed by atoms with Gasteiger partial charge < -0.3 is 25.0 Å². The quantitative estimate of drug-likeness (QED) is 0.490. The Kier molecular flexibility index (Phi) is 9.02. The van der Waals surface area contributed by atoms with Crippen molar-refractivity contribution in [1.82, 2.24) is 19.4 Å². The molecule has 0 bridgehead atoms. The number of hydrogen-bond donors (Lipinski definition) is 2. The highest BCUT2D eigenvalue weighted by Crippen LogP contribution is 2.23. The van der Waals surface area contributed by atoms with Gasteiger partial charge in [-0.25, -0.2) is 9.59 Å². The number of carbonyl (C=O) groups excluding carboxylic acids is 3. The van der Waals surface area contributed by atoms with Crippen LogP contribution in [0.4, 0.5) is 4.79 Å². The number of likely N-dealkylation sites (tertiary alicyclic amines) is 1. The van der Waals surface area contributed by atoms with Crippen molar-refractivity contribution in [1.29, 1.82) is 0 Å². The van der Waals surface area contributed by atoms with E-state index in [0.717, 1.165) is 4.57 Å². The topological polar surface area (TPSA) is 157 Å². The Labute approximate surface area is 198 Å². The molecule has 2 rings (SSSR count). The molecular weight excluding hydrogens is 446 g/mol. The fourth-order valence-corrected chi connectivity index (χ4v) is 3.71. The zero-order valence-corrected chi connectivity index (χ0v) is 20.5. The normalized spacial score (nSPS) is 18.0. The molecule has 190 valence electrons. The van der Waals surface area contributed by atoms with E-state index in [2.05, 4.69) is 4.98 Å². The Bertz CT molecular complexity index is 1010. The first kappa shape index (κ1) is 27.1. The van der Waals surface area contributed by atoms with Crippen molar-refractivity contribution in [3.8, 4) is 0 Å². The molecule has 2 heterocycles. The second-order valence-electron chi connectivity index (χ2n) is 9.39. The molecule has 0 spiro atoms. The van der Waals surface area contributed by atoms with Gasteiger partial charge in [0.15, 0.2) is 0 Å². The van der Waals surface area contributed by atoms with Crippen LogP contribution >= 0.6 is 0 Å². The Balaban J connectivity index is 2.15. The van der Waals surface area contributed by atoms with Crippen LogP contribution in [0, 0.1) is 6.92 Å². The number of nitrogens with zero attached hydrogens (tertiary/aromatic N) is 3. The molecule has 1 aromatic rings. The largest absolute Gasteiger partial charge is 0.465 e. The van der Waals surface area contributed by atoms with E-state index in [-0.39, 0.29) is 43.9 Å². The first-order valence-corrected chi connectivity index (χ1v) is 11.3. The average molecular weight is 482 g/mol. The number of nitrogens with one attached hydrogen (secondary N) is 1. The van der Waals surface area contributed by atoms with Crippen LogP contribution in [0.3, 0.4) is 0 Å². The summed E-state index contributed by atoms with van der Waals surface area (Å²) in [7, 11) is 0. The highest BCUT2D eigenvalue weighted by molar-refractivity contribution is 5.82. The number of carbonyl (C=O) groups is 3. The molecule has 0 radical (unpaired) electrons. The van der Waals surface area contributed by atoms with Crippen molar-refractivity contribution < 1.29 is 23.9 Å². The number of amides is 2. The molecule has 0 aliphatic carbocycles. The minimum absolute atomic E-state index is 0.130. The number of aromatic amines is 1. The van der Waals surface area contributed by atoms with Crippen LogP contribution in [0.1, 0.15) is 46.1 Å². The summed E-state index contributed by atoms with van der Waals surface area (Å²) in [4.78, 5) is 66.4. The molecule has 1 aliphatic heterocycles. The summed E-state index contributed by atoms with van der Waals surface area (Å²) < 4.78 is 11.5. The number of H-pyrrole nitrogens is 1. The van der Waals surface area contributed by atoms with Gasteiger partial charge in [0.2, 0.25) is 5.91 Å².